The first-order chi connectivity index (χ1) is 9.06. The van der Waals surface area contributed by atoms with Gasteiger partial charge in [0.2, 0.25) is 0 Å². The minimum absolute atomic E-state index is 0.229. The normalized spacial score (nSPS) is 10.8. The van der Waals surface area contributed by atoms with Crippen molar-refractivity contribution in [2.45, 2.75) is 0 Å². The van der Waals surface area contributed by atoms with E-state index in [1.54, 1.807) is 6.07 Å². The number of carboxylic acid groups (broad SMARTS) is 1. The smallest absolute Gasteiger partial charge is 0.328 e. The van der Waals surface area contributed by atoms with Crippen molar-refractivity contribution in [3.8, 4) is 11.1 Å². The Hall–Kier alpha value is -2.49. The predicted octanol–water partition coefficient (Wildman–Crippen LogP) is 3.73. The zero-order valence-corrected chi connectivity index (χ0v) is 9.81. The lowest BCUT2D eigenvalue weighted by Gasteiger charge is -2.05. The Kier molecular flexibility index (Phi) is 3.71. The fourth-order valence-corrected chi connectivity index (χ4v) is 1.69. The molecule has 4 heteroatoms. The quantitative estimate of drug-likeness (QED) is 0.854. The van der Waals surface area contributed by atoms with Gasteiger partial charge in [0, 0.05) is 11.6 Å². The Morgan fingerprint density at radius 2 is 1.89 bits per heavy atom. The van der Waals surface area contributed by atoms with Gasteiger partial charge in [-0.25, -0.2) is 13.6 Å². The second kappa shape index (κ2) is 5.44. The summed E-state index contributed by atoms with van der Waals surface area (Å²) in [5, 5.41) is 8.54. The predicted molar refractivity (Wildman–Crippen MR) is 68.5 cm³/mol. The minimum atomic E-state index is -1.09. The van der Waals surface area contributed by atoms with Crippen LogP contribution in [0.25, 0.3) is 17.2 Å². The molecule has 1 N–H and O–H groups in total. The first-order valence-corrected chi connectivity index (χ1v) is 5.53. The van der Waals surface area contributed by atoms with Crippen LogP contribution in [0.4, 0.5) is 8.78 Å². The van der Waals surface area contributed by atoms with Gasteiger partial charge in [-0.1, -0.05) is 18.2 Å². The molecule has 0 unspecified atom stereocenters. The van der Waals surface area contributed by atoms with Crippen molar-refractivity contribution in [1.29, 1.82) is 0 Å². The molecular formula is C15H10F2O2. The fraction of sp³-hybridized carbons (Fsp3) is 0. The molecule has 0 aliphatic rings. The average molecular weight is 260 g/mol. The van der Waals surface area contributed by atoms with Crippen molar-refractivity contribution in [2.24, 2.45) is 0 Å². The number of hydrogen-bond donors (Lipinski definition) is 1. The number of hydrogen-bond acceptors (Lipinski definition) is 1. The summed E-state index contributed by atoms with van der Waals surface area (Å²) in [5.74, 6) is -2.03. The molecule has 0 saturated carbocycles. The first-order valence-electron chi connectivity index (χ1n) is 5.53. The van der Waals surface area contributed by atoms with Crippen molar-refractivity contribution in [1.82, 2.24) is 0 Å². The summed E-state index contributed by atoms with van der Waals surface area (Å²) in [5.41, 5.74) is 1.16. The number of aliphatic carboxylic acids is 1. The summed E-state index contributed by atoms with van der Waals surface area (Å²) in [6.07, 6.45) is 2.31. The zero-order chi connectivity index (χ0) is 13.8. The van der Waals surface area contributed by atoms with Gasteiger partial charge in [0.15, 0.2) is 0 Å². The molecule has 0 radical (unpaired) electrons. The molecule has 0 atom stereocenters. The molecule has 0 bridgehead atoms. The number of carboxylic acids is 1. The van der Waals surface area contributed by atoms with E-state index < -0.39 is 17.6 Å². The van der Waals surface area contributed by atoms with Crippen LogP contribution in [0.5, 0.6) is 0 Å². The van der Waals surface area contributed by atoms with Crippen LogP contribution in [0.2, 0.25) is 0 Å². The van der Waals surface area contributed by atoms with Gasteiger partial charge in [-0.3, -0.25) is 0 Å². The van der Waals surface area contributed by atoms with Gasteiger partial charge < -0.3 is 5.11 Å². The van der Waals surface area contributed by atoms with Crippen LogP contribution in [0, 0.1) is 11.6 Å². The molecule has 2 nitrogen and oxygen atoms in total. The lowest BCUT2D eigenvalue weighted by Crippen LogP contribution is -1.89. The molecule has 19 heavy (non-hydrogen) atoms. The number of rotatable bonds is 3. The highest BCUT2D eigenvalue weighted by molar-refractivity contribution is 5.85. The van der Waals surface area contributed by atoms with Crippen LogP contribution in [0.3, 0.4) is 0 Å². The number of carbonyl (C=O) groups is 1. The maximum absolute atomic E-state index is 13.7. The second-order valence-electron chi connectivity index (χ2n) is 3.92. The maximum Gasteiger partial charge on any atom is 0.328 e. The highest BCUT2D eigenvalue weighted by Gasteiger charge is 2.06. The van der Waals surface area contributed by atoms with Crippen LogP contribution in [-0.4, -0.2) is 11.1 Å². The monoisotopic (exact) mass is 260 g/mol. The summed E-state index contributed by atoms with van der Waals surface area (Å²) in [6, 6.07) is 9.73. The van der Waals surface area contributed by atoms with Gasteiger partial charge in [0.1, 0.15) is 11.6 Å². The number of halogens is 2. The summed E-state index contributed by atoms with van der Waals surface area (Å²) < 4.78 is 26.8. The van der Waals surface area contributed by atoms with E-state index in [0.717, 1.165) is 6.08 Å². The van der Waals surface area contributed by atoms with Crippen molar-refractivity contribution in [2.75, 3.05) is 0 Å². The van der Waals surface area contributed by atoms with Gasteiger partial charge in [-0.15, -0.1) is 0 Å². The van der Waals surface area contributed by atoms with Crippen molar-refractivity contribution < 1.29 is 18.7 Å². The molecule has 0 spiro atoms. The lowest BCUT2D eigenvalue weighted by molar-refractivity contribution is -0.131. The molecule has 0 aliphatic heterocycles. The third kappa shape index (κ3) is 3.25. The van der Waals surface area contributed by atoms with Gasteiger partial charge >= 0.3 is 5.97 Å². The van der Waals surface area contributed by atoms with Crippen molar-refractivity contribution in [3.63, 3.8) is 0 Å². The third-order valence-corrected chi connectivity index (χ3v) is 2.54. The van der Waals surface area contributed by atoms with Crippen LogP contribution in [0.15, 0.2) is 48.5 Å². The van der Waals surface area contributed by atoms with Gasteiger partial charge in [0.25, 0.3) is 0 Å². The summed E-state index contributed by atoms with van der Waals surface area (Å²) in [6.45, 7) is 0. The Balaban J connectivity index is 2.45. The van der Waals surface area contributed by atoms with E-state index in [1.165, 1.54) is 42.5 Å². The van der Waals surface area contributed by atoms with Crippen molar-refractivity contribution >= 4 is 12.0 Å². The molecule has 0 amide bonds. The van der Waals surface area contributed by atoms with E-state index in [1.807, 2.05) is 0 Å². The highest BCUT2D eigenvalue weighted by Crippen LogP contribution is 2.25. The molecule has 96 valence electrons. The molecular weight excluding hydrogens is 250 g/mol. The summed E-state index contributed by atoms with van der Waals surface area (Å²) in [4.78, 5) is 10.4. The van der Waals surface area contributed by atoms with E-state index in [4.69, 9.17) is 5.11 Å². The molecule has 0 aromatic heterocycles. The molecule has 0 saturated heterocycles. The zero-order valence-electron chi connectivity index (χ0n) is 9.81. The van der Waals surface area contributed by atoms with E-state index in [-0.39, 0.29) is 5.56 Å². The summed E-state index contributed by atoms with van der Waals surface area (Å²) >= 11 is 0. The first kappa shape index (κ1) is 13.0. The van der Waals surface area contributed by atoms with Gasteiger partial charge in [-0.05, 0) is 41.5 Å². The van der Waals surface area contributed by atoms with Crippen LogP contribution in [-0.2, 0) is 4.79 Å². The topological polar surface area (TPSA) is 37.3 Å². The number of benzene rings is 2. The minimum Gasteiger partial charge on any atom is -0.478 e. The lowest BCUT2D eigenvalue weighted by atomic mass is 10.0. The highest BCUT2D eigenvalue weighted by atomic mass is 19.1. The molecule has 0 aliphatic carbocycles. The summed E-state index contributed by atoms with van der Waals surface area (Å²) in [7, 11) is 0. The van der Waals surface area contributed by atoms with Crippen LogP contribution < -0.4 is 0 Å². The second-order valence-corrected chi connectivity index (χ2v) is 3.92. The van der Waals surface area contributed by atoms with E-state index in [2.05, 4.69) is 0 Å². The Labute approximate surface area is 108 Å². The molecule has 0 fully saturated rings. The molecule has 2 aromatic carbocycles. The molecule has 2 rings (SSSR count). The van der Waals surface area contributed by atoms with Crippen LogP contribution in [0.1, 0.15) is 5.56 Å². The largest absolute Gasteiger partial charge is 0.478 e. The van der Waals surface area contributed by atoms with E-state index >= 15 is 0 Å². The standard InChI is InChI=1S/C15H10F2O2/c16-12-3-1-2-11(9-12)13-8-10(4-6-14(13)17)5-7-15(18)19/h1-9H,(H,18,19). The van der Waals surface area contributed by atoms with Gasteiger partial charge in [0.05, 0.1) is 0 Å². The Bertz CT molecular complexity index is 648. The average Bonchev–Trinajstić information content (AvgIpc) is 2.37. The van der Waals surface area contributed by atoms with Crippen molar-refractivity contribution in [3.05, 3.63) is 65.7 Å². The van der Waals surface area contributed by atoms with E-state index in [0.29, 0.717) is 11.1 Å². The molecule has 2 aromatic rings. The maximum atomic E-state index is 13.7. The third-order valence-electron chi connectivity index (χ3n) is 2.54. The van der Waals surface area contributed by atoms with Crippen LogP contribution >= 0.6 is 0 Å². The Morgan fingerprint density at radius 1 is 1.11 bits per heavy atom. The SMILES string of the molecule is O=C(O)C=Cc1ccc(F)c(-c2cccc(F)c2)c1. The molecule has 0 heterocycles. The van der Waals surface area contributed by atoms with E-state index in [9.17, 15) is 13.6 Å². The Morgan fingerprint density at radius 3 is 2.58 bits per heavy atom. The fourth-order valence-electron chi connectivity index (χ4n) is 1.69. The van der Waals surface area contributed by atoms with Gasteiger partial charge in [-0.2, -0.15) is 0 Å².